The molecule has 6 nitrogen and oxygen atoms in total. The molecule has 0 aromatic heterocycles. The molecule has 3 aliphatic rings. The summed E-state index contributed by atoms with van der Waals surface area (Å²) >= 11 is 0. The summed E-state index contributed by atoms with van der Waals surface area (Å²) in [4.78, 5) is 13.9. The van der Waals surface area contributed by atoms with Gasteiger partial charge in [-0.15, -0.1) is 0 Å². The minimum Gasteiger partial charge on any atom is -0.444 e. The van der Waals surface area contributed by atoms with Crippen LogP contribution in [0, 0.1) is 11.8 Å². The highest BCUT2D eigenvalue weighted by Crippen LogP contribution is 2.59. The first-order chi connectivity index (χ1) is 9.75. The minimum atomic E-state index is -0.593. The van der Waals surface area contributed by atoms with Gasteiger partial charge in [0.05, 0.1) is 24.4 Å². The van der Waals surface area contributed by atoms with Crippen LogP contribution in [0.25, 0.3) is 0 Å². The second-order valence-corrected chi connectivity index (χ2v) is 7.65. The molecule has 1 amide bonds. The van der Waals surface area contributed by atoms with E-state index in [0.29, 0.717) is 13.1 Å². The Balaban J connectivity index is 1.78. The third kappa shape index (κ3) is 2.15. The van der Waals surface area contributed by atoms with Gasteiger partial charge in [0.25, 0.3) is 0 Å². The maximum absolute atomic E-state index is 12.2. The maximum Gasteiger partial charge on any atom is 0.410 e. The molecule has 21 heavy (non-hydrogen) atoms. The number of amides is 1. The van der Waals surface area contributed by atoms with Crippen LogP contribution in [0.3, 0.4) is 0 Å². The van der Waals surface area contributed by atoms with Gasteiger partial charge in [0.1, 0.15) is 5.60 Å². The van der Waals surface area contributed by atoms with Crippen molar-refractivity contribution in [3.05, 3.63) is 0 Å². The molecule has 2 N–H and O–H groups in total. The Morgan fingerprint density at radius 1 is 1.19 bits per heavy atom. The van der Waals surface area contributed by atoms with Crippen molar-refractivity contribution >= 4 is 6.09 Å². The predicted molar refractivity (Wildman–Crippen MR) is 74.7 cm³/mol. The van der Waals surface area contributed by atoms with Gasteiger partial charge in [-0.25, -0.2) is 4.79 Å². The molecule has 2 bridgehead atoms. The highest BCUT2D eigenvalue weighted by Gasteiger charge is 2.69. The van der Waals surface area contributed by atoms with Crippen molar-refractivity contribution < 1.29 is 24.5 Å². The zero-order valence-corrected chi connectivity index (χ0v) is 13.0. The van der Waals surface area contributed by atoms with Gasteiger partial charge in [0.15, 0.2) is 0 Å². The molecule has 0 spiro atoms. The van der Waals surface area contributed by atoms with Crippen LogP contribution in [0.5, 0.6) is 0 Å². The quantitative estimate of drug-likeness (QED) is 0.787. The topological polar surface area (TPSA) is 79.2 Å². The molecule has 4 unspecified atom stereocenters. The number of aliphatic hydroxyl groups is 2. The number of carbonyl (C=O) groups is 1. The number of hydrogen-bond donors (Lipinski definition) is 2. The fourth-order valence-electron chi connectivity index (χ4n) is 4.25. The van der Waals surface area contributed by atoms with Crippen molar-refractivity contribution in [1.29, 1.82) is 0 Å². The molecule has 0 aromatic rings. The molecular weight excluding hydrogens is 274 g/mol. The van der Waals surface area contributed by atoms with E-state index in [9.17, 15) is 15.0 Å². The molecule has 0 aromatic carbocycles. The van der Waals surface area contributed by atoms with Gasteiger partial charge in [0.2, 0.25) is 0 Å². The summed E-state index contributed by atoms with van der Waals surface area (Å²) in [5.41, 5.74) is -1.71. The Kier molecular flexibility index (Phi) is 3.28. The van der Waals surface area contributed by atoms with Crippen LogP contribution in [0.1, 0.15) is 33.6 Å². The standard InChI is InChI=1S/C15H25NO5/c1-13(2,3)20-12(19)16-6-10-11(7-16)15(9-18)5-4-14(10,8-17)21-15/h10-11,17-18H,4-9H2,1-3H3. The Morgan fingerprint density at radius 2 is 1.67 bits per heavy atom. The van der Waals surface area contributed by atoms with Crippen molar-refractivity contribution in [3.63, 3.8) is 0 Å². The second kappa shape index (κ2) is 4.57. The molecule has 0 saturated carbocycles. The fraction of sp³-hybridized carbons (Fsp3) is 0.933. The van der Waals surface area contributed by atoms with E-state index in [0.717, 1.165) is 12.8 Å². The smallest absolute Gasteiger partial charge is 0.410 e. The summed E-state index contributed by atoms with van der Waals surface area (Å²) in [7, 11) is 0. The Morgan fingerprint density at radius 3 is 2.05 bits per heavy atom. The average molecular weight is 299 g/mol. The lowest BCUT2D eigenvalue weighted by Crippen LogP contribution is -2.43. The summed E-state index contributed by atoms with van der Waals surface area (Å²) in [5, 5.41) is 19.5. The molecule has 3 rings (SSSR count). The van der Waals surface area contributed by atoms with Crippen molar-refractivity contribution in [1.82, 2.24) is 4.90 Å². The van der Waals surface area contributed by atoms with Crippen molar-refractivity contribution in [2.24, 2.45) is 11.8 Å². The minimum absolute atomic E-state index is 0.0575. The van der Waals surface area contributed by atoms with Gasteiger partial charge >= 0.3 is 6.09 Å². The highest BCUT2D eigenvalue weighted by molar-refractivity contribution is 5.68. The number of nitrogens with zero attached hydrogens (tertiary/aromatic N) is 1. The van der Waals surface area contributed by atoms with Crippen LogP contribution in [0.15, 0.2) is 0 Å². The van der Waals surface area contributed by atoms with E-state index in [2.05, 4.69) is 0 Å². The SMILES string of the molecule is CC(C)(C)OC(=O)N1CC2C(C1)C1(CO)CCC2(CO)O1. The highest BCUT2D eigenvalue weighted by atomic mass is 16.6. The van der Waals surface area contributed by atoms with Crippen molar-refractivity contribution in [2.45, 2.75) is 50.4 Å². The zero-order chi connectivity index (χ0) is 15.5. The number of carbonyl (C=O) groups excluding carboxylic acids is 1. The number of ether oxygens (including phenoxy) is 2. The summed E-state index contributed by atoms with van der Waals surface area (Å²) in [5.74, 6) is 0.159. The van der Waals surface area contributed by atoms with Gasteiger partial charge in [-0.05, 0) is 33.6 Å². The van der Waals surface area contributed by atoms with Crippen molar-refractivity contribution in [3.8, 4) is 0 Å². The summed E-state index contributed by atoms with van der Waals surface area (Å²) in [6, 6.07) is 0. The lowest BCUT2D eigenvalue weighted by molar-refractivity contribution is -0.112. The van der Waals surface area contributed by atoms with E-state index in [1.807, 2.05) is 20.8 Å². The second-order valence-electron chi connectivity index (χ2n) is 7.65. The molecular formula is C15H25NO5. The fourth-order valence-corrected chi connectivity index (χ4v) is 4.25. The summed E-state index contributed by atoms with van der Waals surface area (Å²) in [6.07, 6.45) is 1.17. The van der Waals surface area contributed by atoms with Gasteiger partial charge in [-0.3, -0.25) is 0 Å². The molecule has 0 radical (unpaired) electrons. The van der Waals surface area contributed by atoms with Gasteiger partial charge in [0, 0.05) is 24.9 Å². The largest absolute Gasteiger partial charge is 0.444 e. The van der Waals surface area contributed by atoms with Crippen LogP contribution < -0.4 is 0 Å². The predicted octanol–water partition coefficient (Wildman–Crippen LogP) is 0.756. The van der Waals surface area contributed by atoms with E-state index >= 15 is 0 Å². The molecule has 3 aliphatic heterocycles. The molecule has 6 heteroatoms. The molecule has 4 atom stereocenters. The van der Waals surface area contributed by atoms with E-state index < -0.39 is 16.8 Å². The molecule has 3 heterocycles. The monoisotopic (exact) mass is 299 g/mol. The Labute approximate surface area is 125 Å². The molecule has 120 valence electrons. The molecule has 3 fully saturated rings. The first-order valence-corrected chi connectivity index (χ1v) is 7.65. The van der Waals surface area contributed by atoms with Gasteiger partial charge < -0.3 is 24.6 Å². The third-order valence-electron chi connectivity index (χ3n) is 5.24. The number of aliphatic hydroxyl groups excluding tert-OH is 2. The average Bonchev–Trinajstić information content (AvgIpc) is 3.06. The Hall–Kier alpha value is -0.850. The number of hydrogen-bond acceptors (Lipinski definition) is 5. The number of fused-ring (bicyclic) bond motifs is 5. The van der Waals surface area contributed by atoms with Gasteiger partial charge in [-0.1, -0.05) is 0 Å². The van der Waals surface area contributed by atoms with Crippen LogP contribution >= 0.6 is 0 Å². The maximum atomic E-state index is 12.2. The van der Waals surface area contributed by atoms with E-state index in [-0.39, 0.29) is 31.1 Å². The first kappa shape index (κ1) is 15.1. The van der Waals surface area contributed by atoms with E-state index in [1.165, 1.54) is 0 Å². The van der Waals surface area contributed by atoms with E-state index in [1.54, 1.807) is 4.90 Å². The van der Waals surface area contributed by atoms with Crippen LogP contribution in [-0.4, -0.2) is 64.3 Å². The summed E-state index contributed by atoms with van der Waals surface area (Å²) in [6.45, 7) is 6.48. The van der Waals surface area contributed by atoms with Crippen LogP contribution in [0.4, 0.5) is 4.79 Å². The van der Waals surface area contributed by atoms with Crippen LogP contribution in [-0.2, 0) is 9.47 Å². The van der Waals surface area contributed by atoms with Crippen LogP contribution in [0.2, 0.25) is 0 Å². The lowest BCUT2D eigenvalue weighted by Gasteiger charge is -2.31. The molecule has 3 saturated heterocycles. The number of rotatable bonds is 2. The normalized spacial score (nSPS) is 41.5. The third-order valence-corrected chi connectivity index (χ3v) is 5.24. The number of likely N-dealkylation sites (tertiary alicyclic amines) is 1. The van der Waals surface area contributed by atoms with Gasteiger partial charge in [-0.2, -0.15) is 0 Å². The Bertz CT molecular complexity index is 422. The zero-order valence-electron chi connectivity index (χ0n) is 13.0. The first-order valence-electron chi connectivity index (χ1n) is 7.65. The van der Waals surface area contributed by atoms with E-state index in [4.69, 9.17) is 9.47 Å². The molecule has 0 aliphatic carbocycles. The summed E-state index contributed by atoms with van der Waals surface area (Å²) < 4.78 is 11.5. The van der Waals surface area contributed by atoms with Crippen molar-refractivity contribution in [2.75, 3.05) is 26.3 Å². The lowest BCUT2D eigenvalue weighted by atomic mass is 9.68.